The summed E-state index contributed by atoms with van der Waals surface area (Å²) in [6, 6.07) is 15.9. The molecule has 1 heterocycles. The molecule has 1 N–H and O–H groups in total. The summed E-state index contributed by atoms with van der Waals surface area (Å²) in [5.41, 5.74) is 5.70. The lowest BCUT2D eigenvalue weighted by Gasteiger charge is -2.06. The number of benzene rings is 2. The number of hydrogen-bond donors (Lipinski definition) is 1. The van der Waals surface area contributed by atoms with E-state index in [9.17, 15) is 4.79 Å². The van der Waals surface area contributed by atoms with Crippen molar-refractivity contribution in [2.45, 2.75) is 23.4 Å². The average Bonchev–Trinajstić information content (AvgIpc) is 2.98. The molecule has 0 spiro atoms. The number of hydrazone groups is 1. The van der Waals surface area contributed by atoms with Crippen molar-refractivity contribution in [3.8, 4) is 0 Å². The minimum absolute atomic E-state index is 0.136. The molecule has 3 aromatic rings. The van der Waals surface area contributed by atoms with Gasteiger partial charge in [0.05, 0.1) is 21.7 Å². The highest BCUT2D eigenvalue weighted by atomic mass is 32.2. The number of thiazole rings is 1. The molecule has 2 aromatic carbocycles. The highest BCUT2D eigenvalue weighted by Crippen LogP contribution is 2.31. The fourth-order valence-corrected chi connectivity index (χ4v) is 4.23. The maximum absolute atomic E-state index is 12.1. The van der Waals surface area contributed by atoms with E-state index in [0.29, 0.717) is 0 Å². The van der Waals surface area contributed by atoms with E-state index >= 15 is 0 Å². The number of nitrogens with one attached hydrogen (secondary N) is 1. The molecule has 0 saturated heterocycles. The van der Waals surface area contributed by atoms with E-state index in [1.165, 1.54) is 17.3 Å². The summed E-state index contributed by atoms with van der Waals surface area (Å²) in [7, 11) is 0. The zero-order valence-electron chi connectivity index (χ0n) is 13.4. The van der Waals surface area contributed by atoms with E-state index in [2.05, 4.69) is 15.5 Å². The molecule has 3 rings (SSSR count). The fourth-order valence-electron chi connectivity index (χ4n) is 2.02. The van der Waals surface area contributed by atoms with Crippen molar-refractivity contribution >= 4 is 45.4 Å². The third-order valence-electron chi connectivity index (χ3n) is 3.39. The molecule has 6 heteroatoms. The Labute approximate surface area is 149 Å². The summed E-state index contributed by atoms with van der Waals surface area (Å²) in [5.74, 6) is -0.136. The van der Waals surface area contributed by atoms with Gasteiger partial charge in [-0.15, -0.1) is 11.3 Å². The van der Waals surface area contributed by atoms with Crippen LogP contribution in [0, 0.1) is 6.92 Å². The Balaban J connectivity index is 1.57. The lowest BCUT2D eigenvalue weighted by molar-refractivity contribution is -0.120. The second kappa shape index (κ2) is 7.59. The number of aryl methyl sites for hydroxylation is 1. The summed E-state index contributed by atoms with van der Waals surface area (Å²) >= 11 is 3.05. The van der Waals surface area contributed by atoms with Crippen LogP contribution < -0.4 is 5.43 Å². The van der Waals surface area contributed by atoms with Crippen molar-refractivity contribution in [2.75, 3.05) is 0 Å². The predicted molar refractivity (Wildman–Crippen MR) is 102 cm³/mol. The molecule has 1 atom stereocenters. The number of carbonyl (C=O) groups excluding carboxylic acids is 1. The van der Waals surface area contributed by atoms with Crippen molar-refractivity contribution in [3.05, 3.63) is 59.7 Å². The molecule has 0 aliphatic heterocycles. The smallest absolute Gasteiger partial charge is 0.253 e. The van der Waals surface area contributed by atoms with Gasteiger partial charge in [-0.25, -0.2) is 10.4 Å². The topological polar surface area (TPSA) is 54.4 Å². The third kappa shape index (κ3) is 4.21. The third-order valence-corrected chi connectivity index (χ3v) is 5.62. The molecular formula is C18H17N3OS2. The molecule has 0 aliphatic rings. The molecular weight excluding hydrogens is 338 g/mol. The summed E-state index contributed by atoms with van der Waals surface area (Å²) in [6.45, 7) is 3.89. The molecule has 0 aliphatic carbocycles. The van der Waals surface area contributed by atoms with Gasteiger partial charge in [-0.05, 0) is 31.5 Å². The van der Waals surface area contributed by atoms with E-state index in [4.69, 9.17) is 0 Å². The quantitative estimate of drug-likeness (QED) is 0.423. The number of fused-ring (bicyclic) bond motifs is 1. The van der Waals surface area contributed by atoms with Gasteiger partial charge < -0.3 is 0 Å². The van der Waals surface area contributed by atoms with Crippen LogP contribution in [-0.2, 0) is 4.79 Å². The maximum atomic E-state index is 12.1. The second-order valence-corrected chi connectivity index (χ2v) is 7.97. The Hall–Kier alpha value is -2.18. The zero-order valence-corrected chi connectivity index (χ0v) is 15.0. The number of hydrogen-bond acceptors (Lipinski definition) is 5. The van der Waals surface area contributed by atoms with Crippen molar-refractivity contribution in [2.24, 2.45) is 5.10 Å². The summed E-state index contributed by atoms with van der Waals surface area (Å²) < 4.78 is 2.02. The summed E-state index contributed by atoms with van der Waals surface area (Å²) in [5, 5.41) is 3.76. The average molecular weight is 355 g/mol. The normalized spacial score (nSPS) is 12.6. The lowest BCUT2D eigenvalue weighted by Crippen LogP contribution is -2.26. The Morgan fingerprint density at radius 1 is 1.25 bits per heavy atom. The first-order chi connectivity index (χ1) is 11.6. The van der Waals surface area contributed by atoms with Gasteiger partial charge in [-0.2, -0.15) is 5.10 Å². The molecule has 1 amide bonds. The Bertz CT molecular complexity index is 838. The molecule has 122 valence electrons. The molecule has 0 unspecified atom stereocenters. The first-order valence-corrected chi connectivity index (χ1v) is 9.23. The second-order valence-electron chi connectivity index (χ2n) is 5.35. The monoisotopic (exact) mass is 355 g/mol. The molecule has 24 heavy (non-hydrogen) atoms. The minimum atomic E-state index is -0.263. The van der Waals surface area contributed by atoms with Crippen LogP contribution >= 0.6 is 23.1 Å². The fraction of sp³-hybridized carbons (Fsp3) is 0.167. The maximum Gasteiger partial charge on any atom is 0.253 e. The SMILES string of the molecule is Cc1ccc(/C=N\NC(=O)[C@@H](C)Sc2nc3ccccc3s2)cc1. The summed E-state index contributed by atoms with van der Waals surface area (Å²) in [6.07, 6.45) is 1.65. The molecule has 0 saturated carbocycles. The van der Waals surface area contributed by atoms with Crippen molar-refractivity contribution in [3.63, 3.8) is 0 Å². The van der Waals surface area contributed by atoms with Crippen molar-refractivity contribution in [1.29, 1.82) is 0 Å². The highest BCUT2D eigenvalue weighted by Gasteiger charge is 2.16. The molecule has 1 aromatic heterocycles. The van der Waals surface area contributed by atoms with Gasteiger partial charge in [-0.3, -0.25) is 4.79 Å². The number of carbonyl (C=O) groups is 1. The van der Waals surface area contributed by atoms with Gasteiger partial charge in [0.25, 0.3) is 5.91 Å². The van der Waals surface area contributed by atoms with E-state index in [0.717, 1.165) is 20.1 Å². The number of thioether (sulfide) groups is 1. The van der Waals surface area contributed by atoms with E-state index in [1.54, 1.807) is 17.6 Å². The van der Waals surface area contributed by atoms with Gasteiger partial charge in [0.1, 0.15) is 0 Å². The van der Waals surface area contributed by atoms with Crippen molar-refractivity contribution in [1.82, 2.24) is 10.4 Å². The van der Waals surface area contributed by atoms with Gasteiger partial charge in [0.15, 0.2) is 4.34 Å². The number of para-hydroxylation sites is 1. The van der Waals surface area contributed by atoms with Gasteiger partial charge in [0.2, 0.25) is 0 Å². The largest absolute Gasteiger partial charge is 0.272 e. The zero-order chi connectivity index (χ0) is 16.9. The van der Waals surface area contributed by atoms with Crippen LogP contribution in [0.25, 0.3) is 10.2 Å². The molecule has 4 nitrogen and oxygen atoms in total. The van der Waals surface area contributed by atoms with E-state index in [-0.39, 0.29) is 11.2 Å². The van der Waals surface area contributed by atoms with Crippen LogP contribution in [0.1, 0.15) is 18.1 Å². The van der Waals surface area contributed by atoms with Crippen LogP contribution in [0.4, 0.5) is 0 Å². The van der Waals surface area contributed by atoms with Crippen LogP contribution in [0.2, 0.25) is 0 Å². The number of rotatable bonds is 5. The highest BCUT2D eigenvalue weighted by molar-refractivity contribution is 8.02. The Kier molecular flexibility index (Phi) is 5.27. The first kappa shape index (κ1) is 16.7. The Morgan fingerprint density at radius 2 is 2.00 bits per heavy atom. The van der Waals surface area contributed by atoms with Crippen LogP contribution in [-0.4, -0.2) is 22.4 Å². The van der Waals surface area contributed by atoms with Crippen LogP contribution in [0.3, 0.4) is 0 Å². The first-order valence-electron chi connectivity index (χ1n) is 7.53. The van der Waals surface area contributed by atoms with Gasteiger partial charge >= 0.3 is 0 Å². The number of nitrogens with zero attached hydrogens (tertiary/aromatic N) is 2. The summed E-state index contributed by atoms with van der Waals surface area (Å²) in [4.78, 5) is 16.7. The van der Waals surface area contributed by atoms with Gasteiger partial charge in [-0.1, -0.05) is 53.7 Å². The van der Waals surface area contributed by atoms with Crippen molar-refractivity contribution < 1.29 is 4.79 Å². The van der Waals surface area contributed by atoms with Crippen LogP contribution in [0.15, 0.2) is 58.0 Å². The van der Waals surface area contributed by atoms with Crippen LogP contribution in [0.5, 0.6) is 0 Å². The standard InChI is InChI=1S/C18H17N3OS2/c1-12-7-9-14(10-8-12)11-19-21-17(22)13(2)23-18-20-15-5-3-4-6-16(15)24-18/h3-11,13H,1-2H3,(H,21,22)/b19-11-/t13-/m1/s1. The van der Waals surface area contributed by atoms with E-state index < -0.39 is 0 Å². The Morgan fingerprint density at radius 3 is 2.75 bits per heavy atom. The molecule has 0 radical (unpaired) electrons. The molecule has 0 bridgehead atoms. The molecule has 0 fully saturated rings. The van der Waals surface area contributed by atoms with Gasteiger partial charge in [0, 0.05) is 0 Å². The number of aromatic nitrogens is 1. The van der Waals surface area contributed by atoms with E-state index in [1.807, 2.05) is 62.4 Å². The minimum Gasteiger partial charge on any atom is -0.272 e. The predicted octanol–water partition coefficient (Wildman–Crippen LogP) is 4.24. The lowest BCUT2D eigenvalue weighted by atomic mass is 10.2. The number of amides is 1.